The Bertz CT molecular complexity index is 534. The maximum atomic E-state index is 12.2. The SMILES string of the molecule is CC.CSc1cc(B(O)O)c2c(c1)N(C)C(=O)C(C)(C)O2. The molecule has 0 saturated heterocycles. The molecular formula is C14H22BNO4S. The van der Waals surface area contributed by atoms with Crippen LogP contribution in [-0.4, -0.2) is 42.0 Å². The van der Waals surface area contributed by atoms with Gasteiger partial charge in [0.15, 0.2) is 5.60 Å². The first-order valence-electron chi connectivity index (χ1n) is 6.83. The number of amides is 1. The van der Waals surface area contributed by atoms with Crippen LogP contribution in [0.25, 0.3) is 0 Å². The van der Waals surface area contributed by atoms with Crippen LogP contribution >= 0.6 is 11.8 Å². The van der Waals surface area contributed by atoms with Gasteiger partial charge in [-0.15, -0.1) is 11.8 Å². The van der Waals surface area contributed by atoms with Crippen LogP contribution in [0.1, 0.15) is 27.7 Å². The lowest BCUT2D eigenvalue weighted by Crippen LogP contribution is -2.53. The highest BCUT2D eigenvalue weighted by molar-refractivity contribution is 7.98. The molecule has 116 valence electrons. The van der Waals surface area contributed by atoms with Crippen LogP contribution < -0.4 is 15.1 Å². The molecule has 21 heavy (non-hydrogen) atoms. The molecule has 5 nitrogen and oxygen atoms in total. The summed E-state index contributed by atoms with van der Waals surface area (Å²) < 4.78 is 5.67. The van der Waals surface area contributed by atoms with Gasteiger partial charge in [-0.2, -0.15) is 0 Å². The number of nitrogens with zero attached hydrogens (tertiary/aromatic N) is 1. The fraction of sp³-hybridized carbons (Fsp3) is 0.500. The normalized spacial score (nSPS) is 15.6. The van der Waals surface area contributed by atoms with E-state index >= 15 is 0 Å². The van der Waals surface area contributed by atoms with Gasteiger partial charge in [0, 0.05) is 17.4 Å². The molecule has 0 atom stereocenters. The predicted molar refractivity (Wildman–Crippen MR) is 87.5 cm³/mol. The Hall–Kier alpha value is -1.18. The molecule has 0 aliphatic carbocycles. The third-order valence-corrected chi connectivity index (χ3v) is 3.83. The van der Waals surface area contributed by atoms with Crippen molar-refractivity contribution in [2.24, 2.45) is 0 Å². The fourth-order valence-corrected chi connectivity index (χ4v) is 2.57. The van der Waals surface area contributed by atoms with Crippen LogP contribution in [0, 0.1) is 0 Å². The number of carbonyl (C=O) groups is 1. The number of carbonyl (C=O) groups excluding carboxylic acids is 1. The molecule has 2 rings (SSSR count). The molecule has 0 bridgehead atoms. The van der Waals surface area contributed by atoms with E-state index in [9.17, 15) is 14.8 Å². The first-order chi connectivity index (χ1) is 9.77. The molecule has 0 saturated carbocycles. The Labute approximate surface area is 130 Å². The van der Waals surface area contributed by atoms with Gasteiger partial charge in [0.2, 0.25) is 0 Å². The van der Waals surface area contributed by atoms with Gasteiger partial charge in [0.05, 0.1) is 5.69 Å². The molecule has 1 heterocycles. The molecule has 7 heteroatoms. The molecular weight excluding hydrogens is 289 g/mol. The lowest BCUT2D eigenvalue weighted by Gasteiger charge is -2.38. The van der Waals surface area contributed by atoms with Crippen molar-refractivity contribution >= 4 is 35.9 Å². The summed E-state index contributed by atoms with van der Waals surface area (Å²) in [5.74, 6) is 0.177. The third kappa shape index (κ3) is 3.36. The van der Waals surface area contributed by atoms with Crippen molar-refractivity contribution in [2.45, 2.75) is 38.2 Å². The van der Waals surface area contributed by atoms with Crippen molar-refractivity contribution in [1.29, 1.82) is 0 Å². The topological polar surface area (TPSA) is 70.0 Å². The summed E-state index contributed by atoms with van der Waals surface area (Å²) in [6, 6.07) is 3.47. The number of thioether (sulfide) groups is 1. The smallest absolute Gasteiger partial charge is 0.476 e. The second-order valence-electron chi connectivity index (χ2n) is 4.92. The van der Waals surface area contributed by atoms with Crippen molar-refractivity contribution in [1.82, 2.24) is 0 Å². The molecule has 0 unspecified atom stereocenters. The first kappa shape index (κ1) is 17.9. The number of rotatable bonds is 2. The van der Waals surface area contributed by atoms with Gasteiger partial charge in [-0.3, -0.25) is 4.79 Å². The van der Waals surface area contributed by atoms with Gasteiger partial charge in [-0.25, -0.2) is 0 Å². The van der Waals surface area contributed by atoms with Crippen molar-refractivity contribution < 1.29 is 19.6 Å². The van der Waals surface area contributed by atoms with Crippen molar-refractivity contribution in [3.63, 3.8) is 0 Å². The molecule has 1 aromatic carbocycles. The number of anilines is 1. The van der Waals surface area contributed by atoms with Gasteiger partial charge in [-0.05, 0) is 32.2 Å². The van der Waals surface area contributed by atoms with Crippen LogP contribution in [0.2, 0.25) is 0 Å². The summed E-state index contributed by atoms with van der Waals surface area (Å²) in [7, 11) is 0.0153. The van der Waals surface area contributed by atoms with E-state index in [0.717, 1.165) is 4.90 Å². The Balaban J connectivity index is 0.00000106. The number of hydrogen-bond donors (Lipinski definition) is 2. The highest BCUT2D eigenvalue weighted by Crippen LogP contribution is 2.38. The largest absolute Gasteiger partial charge is 0.492 e. The lowest BCUT2D eigenvalue weighted by atomic mass is 9.78. The second kappa shape index (κ2) is 6.72. The molecule has 0 radical (unpaired) electrons. The molecule has 0 aromatic heterocycles. The number of likely N-dealkylation sites (N-methyl/N-ethyl adjacent to an activating group) is 1. The number of benzene rings is 1. The minimum Gasteiger partial charge on any atom is -0.476 e. The Morgan fingerprint density at radius 2 is 1.86 bits per heavy atom. The zero-order valence-corrected chi connectivity index (χ0v) is 14.1. The van der Waals surface area contributed by atoms with E-state index in [1.54, 1.807) is 33.0 Å². The van der Waals surface area contributed by atoms with E-state index in [4.69, 9.17) is 4.74 Å². The minimum absolute atomic E-state index is 0.170. The van der Waals surface area contributed by atoms with E-state index in [0.29, 0.717) is 11.4 Å². The first-order valence-corrected chi connectivity index (χ1v) is 8.05. The average molecular weight is 311 g/mol. The highest BCUT2D eigenvalue weighted by atomic mass is 32.2. The summed E-state index contributed by atoms with van der Waals surface area (Å²) in [5, 5.41) is 19.0. The van der Waals surface area contributed by atoms with Crippen LogP contribution in [0.5, 0.6) is 5.75 Å². The van der Waals surface area contributed by atoms with Crippen LogP contribution in [-0.2, 0) is 4.79 Å². The van der Waals surface area contributed by atoms with E-state index in [1.807, 2.05) is 20.1 Å². The van der Waals surface area contributed by atoms with Crippen LogP contribution in [0.4, 0.5) is 5.69 Å². The summed E-state index contributed by atoms with van der Waals surface area (Å²) in [4.78, 5) is 14.5. The zero-order valence-electron chi connectivity index (χ0n) is 13.3. The number of ether oxygens (including phenoxy) is 1. The van der Waals surface area contributed by atoms with Crippen molar-refractivity contribution in [2.75, 3.05) is 18.2 Å². The lowest BCUT2D eigenvalue weighted by molar-refractivity contribution is -0.132. The zero-order chi connectivity index (χ0) is 16.4. The summed E-state index contributed by atoms with van der Waals surface area (Å²) in [6.45, 7) is 7.32. The number of fused-ring (bicyclic) bond motifs is 1. The maximum absolute atomic E-state index is 12.2. The highest BCUT2D eigenvalue weighted by Gasteiger charge is 2.41. The molecule has 1 aliphatic heterocycles. The molecule has 1 aliphatic rings. The monoisotopic (exact) mass is 311 g/mol. The molecule has 0 fully saturated rings. The van der Waals surface area contributed by atoms with E-state index in [1.165, 1.54) is 16.7 Å². The van der Waals surface area contributed by atoms with Crippen LogP contribution in [0.3, 0.4) is 0 Å². The standard InChI is InChI=1S/C12H16BNO4S.C2H6/c1-12(2)11(15)14(3)9-6-7(19-4)5-8(13(16)17)10(9)18-12;1-2/h5-6,16-17H,1-4H3;1-2H3. The average Bonchev–Trinajstić information content (AvgIpc) is 2.46. The van der Waals surface area contributed by atoms with Gasteiger partial charge < -0.3 is 19.7 Å². The van der Waals surface area contributed by atoms with E-state index in [2.05, 4.69) is 0 Å². The van der Waals surface area contributed by atoms with E-state index < -0.39 is 12.7 Å². The molecule has 0 spiro atoms. The predicted octanol–water partition coefficient (Wildman–Crippen LogP) is 1.25. The van der Waals surface area contributed by atoms with E-state index in [-0.39, 0.29) is 11.4 Å². The van der Waals surface area contributed by atoms with Gasteiger partial charge in [0.25, 0.3) is 5.91 Å². The Kier molecular flexibility index (Phi) is 5.72. The summed E-state index contributed by atoms with van der Waals surface area (Å²) in [6.07, 6.45) is 1.88. The van der Waals surface area contributed by atoms with Gasteiger partial charge >= 0.3 is 7.12 Å². The molecule has 2 N–H and O–H groups in total. The summed E-state index contributed by atoms with van der Waals surface area (Å²) >= 11 is 1.46. The number of hydrogen-bond acceptors (Lipinski definition) is 5. The fourth-order valence-electron chi connectivity index (χ4n) is 2.09. The van der Waals surface area contributed by atoms with Crippen molar-refractivity contribution in [3.05, 3.63) is 12.1 Å². The maximum Gasteiger partial charge on any atom is 0.492 e. The summed E-state index contributed by atoms with van der Waals surface area (Å²) in [5.41, 5.74) is -0.194. The minimum atomic E-state index is -1.64. The molecule has 1 amide bonds. The Morgan fingerprint density at radius 3 is 2.33 bits per heavy atom. The van der Waals surface area contributed by atoms with Gasteiger partial charge in [-0.1, -0.05) is 13.8 Å². The van der Waals surface area contributed by atoms with Gasteiger partial charge in [0.1, 0.15) is 5.75 Å². The second-order valence-corrected chi connectivity index (χ2v) is 5.79. The van der Waals surface area contributed by atoms with Crippen LogP contribution in [0.15, 0.2) is 17.0 Å². The quantitative estimate of drug-likeness (QED) is 0.635. The third-order valence-electron chi connectivity index (χ3n) is 3.12. The Morgan fingerprint density at radius 1 is 1.29 bits per heavy atom. The molecule has 1 aromatic rings. The van der Waals surface area contributed by atoms with Crippen molar-refractivity contribution in [3.8, 4) is 5.75 Å².